The summed E-state index contributed by atoms with van der Waals surface area (Å²) in [5, 5.41) is 3.00. The third-order valence-electron chi connectivity index (χ3n) is 3.06. The van der Waals surface area contributed by atoms with Crippen molar-refractivity contribution < 1.29 is 9.59 Å². The molecular weight excluding hydrogens is 414 g/mol. The Hall–Kier alpha value is -1.96. The van der Waals surface area contributed by atoms with Gasteiger partial charge in [0.15, 0.2) is 5.11 Å². The van der Waals surface area contributed by atoms with Crippen molar-refractivity contribution in [3.05, 3.63) is 68.7 Å². The number of thiocarbonyl (C=S) groups is 1. The number of nitrogens with one attached hydrogen (secondary N) is 3. The zero-order valence-corrected chi connectivity index (χ0v) is 15.7. The first-order chi connectivity index (χ1) is 11.4. The van der Waals surface area contributed by atoms with E-state index < -0.39 is 5.91 Å². The van der Waals surface area contributed by atoms with Gasteiger partial charge in [-0.05, 0) is 61.1 Å². The highest BCUT2D eigenvalue weighted by atomic mass is 79.9. The van der Waals surface area contributed by atoms with E-state index in [0.717, 1.165) is 10.0 Å². The van der Waals surface area contributed by atoms with Gasteiger partial charge in [0, 0.05) is 20.6 Å². The maximum absolute atomic E-state index is 12.1. The number of hydrogen-bond acceptors (Lipinski definition) is 3. The minimum absolute atomic E-state index is 0.0148. The Morgan fingerprint density at radius 1 is 1.00 bits per heavy atom. The molecule has 24 heavy (non-hydrogen) atoms. The zero-order valence-electron chi connectivity index (χ0n) is 12.5. The van der Waals surface area contributed by atoms with Crippen LogP contribution in [0.3, 0.4) is 0 Å². The number of hydrazine groups is 1. The lowest BCUT2D eigenvalue weighted by atomic mass is 10.1. The molecule has 0 aliphatic heterocycles. The summed E-state index contributed by atoms with van der Waals surface area (Å²) in [7, 11) is 0. The van der Waals surface area contributed by atoms with Gasteiger partial charge in [-0.1, -0.05) is 33.6 Å². The Labute approximate surface area is 157 Å². The van der Waals surface area contributed by atoms with E-state index in [1.807, 2.05) is 13.0 Å². The van der Waals surface area contributed by atoms with E-state index in [2.05, 4.69) is 32.1 Å². The molecule has 0 saturated heterocycles. The Morgan fingerprint density at radius 3 is 2.25 bits per heavy atom. The minimum atomic E-state index is -0.402. The van der Waals surface area contributed by atoms with Crippen LogP contribution in [0.4, 0.5) is 0 Å². The summed E-state index contributed by atoms with van der Waals surface area (Å²) >= 11 is 14.1. The second-order valence-corrected chi connectivity index (χ2v) is 6.53. The molecule has 2 aromatic carbocycles. The fourth-order valence-corrected chi connectivity index (χ4v) is 2.38. The van der Waals surface area contributed by atoms with E-state index in [-0.39, 0.29) is 11.0 Å². The third kappa shape index (κ3) is 5.02. The Bertz CT molecular complexity index is 796. The molecule has 0 aliphatic carbocycles. The van der Waals surface area contributed by atoms with E-state index in [9.17, 15) is 9.59 Å². The maximum atomic E-state index is 12.1. The highest BCUT2D eigenvalue weighted by Crippen LogP contribution is 2.17. The largest absolute Gasteiger partial charge is 0.298 e. The SMILES string of the molecule is Cc1ccc(C(=O)NC(=S)NNC(=O)c2ccc(Cl)cc2)cc1Br. The van der Waals surface area contributed by atoms with Crippen molar-refractivity contribution in [2.24, 2.45) is 0 Å². The van der Waals surface area contributed by atoms with Crippen LogP contribution >= 0.6 is 39.7 Å². The topological polar surface area (TPSA) is 70.2 Å². The van der Waals surface area contributed by atoms with E-state index >= 15 is 0 Å². The van der Waals surface area contributed by atoms with Crippen LogP contribution in [0.5, 0.6) is 0 Å². The molecule has 0 radical (unpaired) electrons. The lowest BCUT2D eigenvalue weighted by Crippen LogP contribution is -2.48. The van der Waals surface area contributed by atoms with E-state index in [1.54, 1.807) is 36.4 Å². The van der Waals surface area contributed by atoms with Gasteiger partial charge in [0.05, 0.1) is 0 Å². The Morgan fingerprint density at radius 2 is 1.62 bits per heavy atom. The second-order valence-electron chi connectivity index (χ2n) is 4.83. The van der Waals surface area contributed by atoms with Crippen molar-refractivity contribution in [3.8, 4) is 0 Å². The lowest BCUT2D eigenvalue weighted by molar-refractivity contribution is 0.0934. The van der Waals surface area contributed by atoms with Gasteiger partial charge in [-0.2, -0.15) is 0 Å². The predicted molar refractivity (Wildman–Crippen MR) is 101 cm³/mol. The van der Waals surface area contributed by atoms with Crippen molar-refractivity contribution >= 4 is 56.7 Å². The van der Waals surface area contributed by atoms with Gasteiger partial charge < -0.3 is 0 Å². The number of amides is 2. The number of aryl methyl sites for hydroxylation is 1. The minimum Gasteiger partial charge on any atom is -0.298 e. The van der Waals surface area contributed by atoms with Crippen LogP contribution in [0.15, 0.2) is 46.9 Å². The first kappa shape index (κ1) is 18.4. The maximum Gasteiger partial charge on any atom is 0.269 e. The fraction of sp³-hybridized carbons (Fsp3) is 0.0625. The van der Waals surface area contributed by atoms with E-state index in [1.165, 1.54) is 0 Å². The summed E-state index contributed by atoms with van der Waals surface area (Å²) in [6, 6.07) is 11.6. The van der Waals surface area contributed by atoms with Gasteiger partial charge in [0.1, 0.15) is 0 Å². The Kier molecular flexibility index (Phi) is 6.30. The molecule has 2 rings (SSSR count). The van der Waals surface area contributed by atoms with E-state index in [0.29, 0.717) is 16.1 Å². The molecule has 2 aromatic rings. The van der Waals surface area contributed by atoms with Crippen LogP contribution in [0.2, 0.25) is 5.02 Å². The number of hydrogen-bond donors (Lipinski definition) is 3. The van der Waals surface area contributed by atoms with Crippen LogP contribution in [0.1, 0.15) is 26.3 Å². The summed E-state index contributed by atoms with van der Waals surface area (Å²) in [4.78, 5) is 24.0. The molecule has 0 fully saturated rings. The fourth-order valence-electron chi connectivity index (χ4n) is 1.73. The van der Waals surface area contributed by atoms with Crippen LogP contribution < -0.4 is 16.2 Å². The van der Waals surface area contributed by atoms with Crippen LogP contribution in [-0.4, -0.2) is 16.9 Å². The first-order valence-electron chi connectivity index (χ1n) is 6.80. The molecule has 124 valence electrons. The average Bonchev–Trinajstić information content (AvgIpc) is 2.55. The quantitative estimate of drug-likeness (QED) is 0.509. The molecular formula is C16H13BrClN3O2S. The average molecular weight is 427 g/mol. The van der Waals surface area contributed by atoms with Crippen molar-refractivity contribution in [2.45, 2.75) is 6.92 Å². The van der Waals surface area contributed by atoms with Gasteiger partial charge >= 0.3 is 0 Å². The number of benzene rings is 2. The molecule has 0 aromatic heterocycles. The monoisotopic (exact) mass is 425 g/mol. The molecule has 0 heterocycles. The molecule has 5 nitrogen and oxygen atoms in total. The summed E-state index contributed by atoms with van der Waals surface area (Å²) in [5.41, 5.74) is 6.74. The zero-order chi connectivity index (χ0) is 17.7. The van der Waals surface area contributed by atoms with Crippen molar-refractivity contribution in [1.29, 1.82) is 0 Å². The molecule has 0 atom stereocenters. The molecule has 0 unspecified atom stereocenters. The van der Waals surface area contributed by atoms with Gasteiger partial charge in [-0.25, -0.2) is 0 Å². The standard InChI is InChI=1S/C16H13BrClN3O2S/c1-9-2-3-11(8-13(9)17)14(22)19-16(24)21-20-15(23)10-4-6-12(18)7-5-10/h2-8H,1H3,(H,20,23)(H2,19,21,22,24). The second kappa shape index (κ2) is 8.23. The van der Waals surface area contributed by atoms with Gasteiger partial charge in [0.2, 0.25) is 0 Å². The number of rotatable bonds is 2. The molecule has 8 heteroatoms. The predicted octanol–water partition coefficient (Wildman–Crippen LogP) is 3.36. The lowest BCUT2D eigenvalue weighted by Gasteiger charge is -2.11. The number of carbonyl (C=O) groups is 2. The molecule has 3 N–H and O–H groups in total. The highest BCUT2D eigenvalue weighted by Gasteiger charge is 2.10. The molecule has 0 aliphatic rings. The van der Waals surface area contributed by atoms with Gasteiger partial charge in [-0.3, -0.25) is 25.8 Å². The highest BCUT2D eigenvalue weighted by molar-refractivity contribution is 9.10. The van der Waals surface area contributed by atoms with Crippen molar-refractivity contribution in [3.63, 3.8) is 0 Å². The molecule has 0 spiro atoms. The molecule has 2 amide bonds. The summed E-state index contributed by atoms with van der Waals surface area (Å²) in [5.74, 6) is -0.782. The summed E-state index contributed by atoms with van der Waals surface area (Å²) in [6.45, 7) is 1.92. The van der Waals surface area contributed by atoms with Gasteiger partial charge in [-0.15, -0.1) is 0 Å². The summed E-state index contributed by atoms with van der Waals surface area (Å²) in [6.07, 6.45) is 0. The van der Waals surface area contributed by atoms with Crippen LogP contribution in [0.25, 0.3) is 0 Å². The van der Waals surface area contributed by atoms with Crippen LogP contribution in [0, 0.1) is 6.92 Å². The first-order valence-corrected chi connectivity index (χ1v) is 8.38. The number of halogens is 2. The normalized spacial score (nSPS) is 9.96. The van der Waals surface area contributed by atoms with Crippen LogP contribution in [-0.2, 0) is 0 Å². The third-order valence-corrected chi connectivity index (χ3v) is 4.37. The van der Waals surface area contributed by atoms with Gasteiger partial charge in [0.25, 0.3) is 11.8 Å². The van der Waals surface area contributed by atoms with Crippen molar-refractivity contribution in [2.75, 3.05) is 0 Å². The Balaban J connectivity index is 1.88. The van der Waals surface area contributed by atoms with Crippen molar-refractivity contribution in [1.82, 2.24) is 16.2 Å². The van der Waals surface area contributed by atoms with E-state index in [4.69, 9.17) is 23.8 Å². The molecule has 0 saturated carbocycles. The number of carbonyl (C=O) groups excluding carboxylic acids is 2. The summed E-state index contributed by atoms with van der Waals surface area (Å²) < 4.78 is 0.824. The smallest absolute Gasteiger partial charge is 0.269 e. The molecule has 0 bridgehead atoms.